The molecule has 1 unspecified atom stereocenters. The zero-order chi connectivity index (χ0) is 14.0. The van der Waals surface area contributed by atoms with Crippen LogP contribution in [0.3, 0.4) is 0 Å². The molecule has 0 bridgehead atoms. The predicted octanol–water partition coefficient (Wildman–Crippen LogP) is 6.23. The van der Waals surface area contributed by atoms with Crippen molar-refractivity contribution in [3.63, 3.8) is 0 Å². The van der Waals surface area contributed by atoms with Crippen LogP contribution in [-0.4, -0.2) is 6.54 Å². The smallest absolute Gasteiger partial charge is 0.0843 e. The van der Waals surface area contributed by atoms with Gasteiger partial charge in [0.15, 0.2) is 0 Å². The summed E-state index contributed by atoms with van der Waals surface area (Å²) in [6.07, 6.45) is 0. The number of hydrogen-bond donors (Lipinski definition) is 1. The van der Waals surface area contributed by atoms with E-state index in [4.69, 9.17) is 11.6 Å². The molecule has 0 aliphatic carbocycles. The number of hydrogen-bond acceptors (Lipinski definition) is 2. The highest BCUT2D eigenvalue weighted by molar-refractivity contribution is 14.1. The molecule has 0 spiro atoms. The van der Waals surface area contributed by atoms with E-state index in [0.29, 0.717) is 0 Å². The van der Waals surface area contributed by atoms with Gasteiger partial charge in [0.05, 0.1) is 9.83 Å². The lowest BCUT2D eigenvalue weighted by Crippen LogP contribution is -2.22. The fourth-order valence-corrected chi connectivity index (χ4v) is 4.82. The van der Waals surface area contributed by atoms with Gasteiger partial charge in [-0.1, -0.05) is 18.5 Å². The lowest BCUT2D eigenvalue weighted by molar-refractivity contribution is 0.637. The predicted molar refractivity (Wildman–Crippen MR) is 99.4 cm³/mol. The van der Waals surface area contributed by atoms with E-state index in [0.717, 1.165) is 19.8 Å². The second-order valence-corrected chi connectivity index (χ2v) is 8.78. The van der Waals surface area contributed by atoms with Gasteiger partial charge in [-0.3, -0.25) is 0 Å². The van der Waals surface area contributed by atoms with Crippen LogP contribution in [0.15, 0.2) is 32.5 Å². The Balaban J connectivity index is 2.47. The molecule has 0 fully saturated rings. The third-order valence-corrected chi connectivity index (χ3v) is 7.16. The van der Waals surface area contributed by atoms with Crippen molar-refractivity contribution in [3.8, 4) is 0 Å². The molecule has 0 saturated heterocycles. The van der Waals surface area contributed by atoms with E-state index >= 15 is 0 Å². The molecule has 19 heavy (non-hydrogen) atoms. The van der Waals surface area contributed by atoms with E-state index in [1.165, 1.54) is 14.0 Å². The van der Waals surface area contributed by atoms with Crippen LogP contribution in [0.4, 0.5) is 0 Å². The third kappa shape index (κ3) is 3.95. The van der Waals surface area contributed by atoms with Crippen molar-refractivity contribution < 1.29 is 0 Å². The van der Waals surface area contributed by atoms with E-state index in [2.05, 4.69) is 78.8 Å². The summed E-state index contributed by atoms with van der Waals surface area (Å²) in [6.45, 7) is 3.02. The monoisotopic (exact) mass is 533 g/mol. The Labute approximate surface area is 152 Å². The standard InChI is InChI=1S/C13H11Br2ClINS/c1-2-18-12(11-6-9(14)13(15)19-11)8-5-7(16)3-4-10(8)17/h3-6,12,18H,2H2,1H3. The number of thiophene rings is 1. The summed E-state index contributed by atoms with van der Waals surface area (Å²) in [4.78, 5) is 1.26. The fourth-order valence-electron chi connectivity index (χ4n) is 1.81. The van der Waals surface area contributed by atoms with Gasteiger partial charge in [-0.15, -0.1) is 11.3 Å². The van der Waals surface area contributed by atoms with E-state index in [9.17, 15) is 0 Å². The Hall–Kier alpha value is 0.860. The van der Waals surface area contributed by atoms with Crippen LogP contribution in [0, 0.1) is 3.57 Å². The van der Waals surface area contributed by atoms with Gasteiger partial charge in [0.2, 0.25) is 0 Å². The first-order valence-corrected chi connectivity index (χ1v) is 9.52. The van der Waals surface area contributed by atoms with Gasteiger partial charge >= 0.3 is 0 Å². The van der Waals surface area contributed by atoms with Gasteiger partial charge in [0, 0.05) is 17.9 Å². The first-order chi connectivity index (χ1) is 9.02. The molecule has 1 nitrogen and oxygen atoms in total. The molecule has 0 radical (unpaired) electrons. The fraction of sp³-hybridized carbons (Fsp3) is 0.231. The van der Waals surface area contributed by atoms with Crippen molar-refractivity contribution in [1.82, 2.24) is 5.32 Å². The highest BCUT2D eigenvalue weighted by Gasteiger charge is 2.19. The zero-order valence-electron chi connectivity index (χ0n) is 10.0. The molecule has 2 aromatic rings. The molecule has 0 saturated carbocycles. The summed E-state index contributed by atoms with van der Waals surface area (Å²) in [5.41, 5.74) is 1.22. The lowest BCUT2D eigenvalue weighted by Gasteiger charge is -2.18. The maximum absolute atomic E-state index is 6.14. The molecule has 2 rings (SSSR count). The first kappa shape index (κ1) is 16.2. The van der Waals surface area contributed by atoms with Gasteiger partial charge in [0.25, 0.3) is 0 Å². The largest absolute Gasteiger partial charge is 0.306 e. The topological polar surface area (TPSA) is 12.0 Å². The maximum atomic E-state index is 6.14. The maximum Gasteiger partial charge on any atom is 0.0843 e. The van der Waals surface area contributed by atoms with Crippen molar-refractivity contribution in [1.29, 1.82) is 0 Å². The van der Waals surface area contributed by atoms with Crippen LogP contribution in [0.2, 0.25) is 5.02 Å². The number of rotatable bonds is 4. The Morgan fingerprint density at radius 3 is 2.68 bits per heavy atom. The molecule has 0 aliphatic heterocycles. The average Bonchev–Trinajstić information content (AvgIpc) is 2.70. The van der Waals surface area contributed by atoms with Crippen LogP contribution in [-0.2, 0) is 0 Å². The van der Waals surface area contributed by atoms with Crippen LogP contribution >= 0.6 is 77.4 Å². The summed E-state index contributed by atoms with van der Waals surface area (Å²) < 4.78 is 3.42. The Morgan fingerprint density at radius 1 is 1.37 bits per heavy atom. The van der Waals surface area contributed by atoms with E-state index < -0.39 is 0 Å². The van der Waals surface area contributed by atoms with Crippen molar-refractivity contribution >= 4 is 77.4 Å². The van der Waals surface area contributed by atoms with Gasteiger partial charge in [-0.2, -0.15) is 0 Å². The van der Waals surface area contributed by atoms with Crippen molar-refractivity contribution in [2.75, 3.05) is 6.54 Å². The summed E-state index contributed by atoms with van der Waals surface area (Å²) in [7, 11) is 0. The van der Waals surface area contributed by atoms with Crippen LogP contribution in [0.25, 0.3) is 0 Å². The zero-order valence-corrected chi connectivity index (χ0v) is 16.9. The molecule has 1 N–H and O–H groups in total. The second kappa shape index (κ2) is 7.22. The Morgan fingerprint density at radius 2 is 2.11 bits per heavy atom. The normalized spacial score (nSPS) is 12.7. The van der Waals surface area contributed by atoms with Gasteiger partial charge in [-0.25, -0.2) is 0 Å². The number of halogens is 4. The number of nitrogens with one attached hydrogen (secondary N) is 1. The average molecular weight is 535 g/mol. The Kier molecular flexibility index (Phi) is 6.17. The van der Waals surface area contributed by atoms with E-state index in [1.54, 1.807) is 11.3 Å². The molecular weight excluding hydrogens is 524 g/mol. The van der Waals surface area contributed by atoms with Crippen molar-refractivity contribution in [2.24, 2.45) is 0 Å². The summed E-state index contributed by atoms with van der Waals surface area (Å²) in [5, 5.41) is 4.30. The highest BCUT2D eigenvalue weighted by atomic mass is 127. The minimum atomic E-state index is 0.170. The molecule has 1 heterocycles. The van der Waals surface area contributed by atoms with Crippen LogP contribution < -0.4 is 5.32 Å². The highest BCUT2D eigenvalue weighted by Crippen LogP contribution is 2.39. The van der Waals surface area contributed by atoms with Crippen molar-refractivity contribution in [2.45, 2.75) is 13.0 Å². The summed E-state index contributed by atoms with van der Waals surface area (Å²) in [5.74, 6) is 0. The Bertz CT molecular complexity index is 569. The first-order valence-electron chi connectivity index (χ1n) is 5.66. The molecule has 1 atom stereocenters. The minimum absolute atomic E-state index is 0.170. The second-order valence-electron chi connectivity index (χ2n) is 3.93. The van der Waals surface area contributed by atoms with Gasteiger partial charge < -0.3 is 5.32 Å². The van der Waals surface area contributed by atoms with Crippen LogP contribution in [0.5, 0.6) is 0 Å². The van der Waals surface area contributed by atoms with E-state index in [-0.39, 0.29) is 6.04 Å². The molecule has 0 aliphatic rings. The van der Waals surface area contributed by atoms with E-state index in [1.807, 2.05) is 12.1 Å². The van der Waals surface area contributed by atoms with Crippen LogP contribution in [0.1, 0.15) is 23.4 Å². The lowest BCUT2D eigenvalue weighted by atomic mass is 10.1. The summed E-state index contributed by atoms with van der Waals surface area (Å²) in [6, 6.07) is 8.34. The SMILES string of the molecule is CCNC(c1cc(Br)c(Br)s1)c1cc(Cl)ccc1I. The van der Waals surface area contributed by atoms with Crippen molar-refractivity contribution in [3.05, 3.63) is 51.6 Å². The molecule has 0 amide bonds. The molecule has 102 valence electrons. The quantitative estimate of drug-likeness (QED) is 0.458. The molecular formula is C13H11Br2ClINS. The number of benzene rings is 1. The molecule has 6 heteroatoms. The van der Waals surface area contributed by atoms with Gasteiger partial charge in [0.1, 0.15) is 0 Å². The summed E-state index contributed by atoms with van der Waals surface area (Å²) >= 11 is 17.3. The van der Waals surface area contributed by atoms with Gasteiger partial charge in [-0.05, 0) is 90.8 Å². The minimum Gasteiger partial charge on any atom is -0.306 e. The molecule has 1 aromatic carbocycles. The third-order valence-electron chi connectivity index (χ3n) is 2.63. The molecule has 1 aromatic heterocycles.